The van der Waals surface area contributed by atoms with Crippen LogP contribution in [0.25, 0.3) is 0 Å². The van der Waals surface area contributed by atoms with Crippen LogP contribution in [0.1, 0.15) is 47.0 Å². The van der Waals surface area contributed by atoms with Crippen molar-refractivity contribution in [1.29, 1.82) is 0 Å². The fourth-order valence-corrected chi connectivity index (χ4v) is 1.84. The first-order chi connectivity index (χ1) is 5.00. The van der Waals surface area contributed by atoms with E-state index < -0.39 is 0 Å². The molecule has 0 aromatic heterocycles. The number of rotatable bonds is 0. The van der Waals surface area contributed by atoms with E-state index >= 15 is 0 Å². The summed E-state index contributed by atoms with van der Waals surface area (Å²) in [4.78, 5) is 0. The highest BCUT2D eigenvalue weighted by Crippen LogP contribution is 2.37. The second-order valence-corrected chi connectivity index (χ2v) is 4.89. The second-order valence-electron chi connectivity index (χ2n) is 4.89. The van der Waals surface area contributed by atoms with E-state index in [0.717, 1.165) is 5.92 Å². The Morgan fingerprint density at radius 1 is 1.36 bits per heavy atom. The topological polar surface area (TPSA) is 0 Å². The van der Waals surface area contributed by atoms with E-state index in [2.05, 4.69) is 33.8 Å². The van der Waals surface area contributed by atoms with Gasteiger partial charge in [0.25, 0.3) is 0 Å². The Balaban J connectivity index is 2.58. The monoisotopic (exact) mass is 152 g/mol. The molecule has 11 heavy (non-hydrogen) atoms. The maximum absolute atomic E-state index is 2.39. The van der Waals surface area contributed by atoms with Crippen LogP contribution in [0.3, 0.4) is 0 Å². The van der Waals surface area contributed by atoms with Crippen LogP contribution in [-0.4, -0.2) is 0 Å². The first kappa shape index (κ1) is 8.83. The lowest BCUT2D eigenvalue weighted by Crippen LogP contribution is -2.22. The Hall–Kier alpha value is -0.260. The van der Waals surface area contributed by atoms with Crippen LogP contribution in [0.4, 0.5) is 0 Å². The van der Waals surface area contributed by atoms with Crippen LogP contribution >= 0.6 is 0 Å². The van der Waals surface area contributed by atoms with Crippen molar-refractivity contribution in [3.8, 4) is 0 Å². The zero-order valence-corrected chi connectivity index (χ0v) is 8.28. The van der Waals surface area contributed by atoms with Gasteiger partial charge in [0.05, 0.1) is 0 Å². The molecule has 0 fully saturated rings. The van der Waals surface area contributed by atoms with Gasteiger partial charge in [-0.2, -0.15) is 0 Å². The first-order valence-electron chi connectivity index (χ1n) is 4.66. The van der Waals surface area contributed by atoms with Crippen LogP contribution < -0.4 is 0 Å². The molecule has 0 nitrogen and oxygen atoms in total. The lowest BCUT2D eigenvalue weighted by Gasteiger charge is -2.33. The van der Waals surface area contributed by atoms with Gasteiger partial charge in [-0.05, 0) is 37.5 Å². The Morgan fingerprint density at radius 3 is 2.36 bits per heavy atom. The van der Waals surface area contributed by atoms with Crippen molar-refractivity contribution in [3.63, 3.8) is 0 Å². The molecule has 0 aromatic carbocycles. The van der Waals surface area contributed by atoms with Gasteiger partial charge in [0.15, 0.2) is 0 Å². The highest BCUT2D eigenvalue weighted by atomic mass is 14.3. The van der Waals surface area contributed by atoms with Gasteiger partial charge < -0.3 is 0 Å². The molecule has 0 amide bonds. The fraction of sp³-hybridized carbons (Fsp3) is 0.818. The molecular formula is C11H20. The summed E-state index contributed by atoms with van der Waals surface area (Å²) in [6, 6.07) is 0. The lowest BCUT2D eigenvalue weighted by atomic mass is 9.73. The van der Waals surface area contributed by atoms with Crippen molar-refractivity contribution in [2.75, 3.05) is 0 Å². The second kappa shape index (κ2) is 3.00. The van der Waals surface area contributed by atoms with Crippen LogP contribution in [-0.2, 0) is 0 Å². The van der Waals surface area contributed by atoms with Gasteiger partial charge in [-0.3, -0.25) is 0 Å². The van der Waals surface area contributed by atoms with Crippen molar-refractivity contribution in [1.82, 2.24) is 0 Å². The maximum Gasteiger partial charge on any atom is -0.0289 e. The number of hydrogen-bond acceptors (Lipinski definition) is 0. The minimum Gasteiger partial charge on any atom is -0.0856 e. The van der Waals surface area contributed by atoms with Crippen LogP contribution in [0.2, 0.25) is 0 Å². The van der Waals surface area contributed by atoms with Gasteiger partial charge in [-0.15, -0.1) is 0 Å². The molecule has 0 heteroatoms. The number of allylic oxidation sites excluding steroid dienone is 2. The van der Waals surface area contributed by atoms with Gasteiger partial charge in [0.2, 0.25) is 0 Å². The third-order valence-corrected chi connectivity index (χ3v) is 2.80. The molecule has 0 unspecified atom stereocenters. The predicted octanol–water partition coefficient (Wildman–Crippen LogP) is 3.78. The van der Waals surface area contributed by atoms with Crippen molar-refractivity contribution in [2.24, 2.45) is 11.3 Å². The molecule has 1 rings (SSSR count). The molecule has 1 aliphatic carbocycles. The summed E-state index contributed by atoms with van der Waals surface area (Å²) in [6.07, 6.45) is 6.40. The maximum atomic E-state index is 2.39. The molecule has 0 saturated carbocycles. The molecule has 0 bridgehead atoms. The smallest absolute Gasteiger partial charge is 0.0289 e. The molecule has 1 aliphatic rings. The van der Waals surface area contributed by atoms with Gasteiger partial charge in [-0.1, -0.05) is 32.4 Å². The van der Waals surface area contributed by atoms with Crippen LogP contribution in [0.15, 0.2) is 11.6 Å². The SMILES string of the molecule is CC1=CCC[C@H](C(C)(C)C)C1. The normalized spacial score (nSPS) is 26.5. The van der Waals surface area contributed by atoms with Gasteiger partial charge >= 0.3 is 0 Å². The summed E-state index contributed by atoms with van der Waals surface area (Å²) < 4.78 is 0. The summed E-state index contributed by atoms with van der Waals surface area (Å²) >= 11 is 0. The average Bonchev–Trinajstić information content (AvgIpc) is 1.86. The van der Waals surface area contributed by atoms with E-state index in [1.54, 1.807) is 5.57 Å². The minimum atomic E-state index is 0.509. The largest absolute Gasteiger partial charge is 0.0856 e. The zero-order valence-electron chi connectivity index (χ0n) is 8.28. The van der Waals surface area contributed by atoms with E-state index in [9.17, 15) is 0 Å². The summed E-state index contributed by atoms with van der Waals surface area (Å²) in [7, 11) is 0. The lowest BCUT2D eigenvalue weighted by molar-refractivity contribution is 0.218. The van der Waals surface area contributed by atoms with E-state index in [1.165, 1.54) is 19.3 Å². The molecule has 0 heterocycles. The summed E-state index contributed by atoms with van der Waals surface area (Å²) in [5.74, 6) is 0.910. The third-order valence-electron chi connectivity index (χ3n) is 2.80. The Morgan fingerprint density at radius 2 is 2.00 bits per heavy atom. The van der Waals surface area contributed by atoms with Crippen LogP contribution in [0.5, 0.6) is 0 Å². The summed E-state index contributed by atoms with van der Waals surface area (Å²) in [5.41, 5.74) is 2.10. The van der Waals surface area contributed by atoms with Crippen molar-refractivity contribution in [3.05, 3.63) is 11.6 Å². The number of hydrogen-bond donors (Lipinski definition) is 0. The predicted molar refractivity (Wildman–Crippen MR) is 50.6 cm³/mol. The van der Waals surface area contributed by atoms with Crippen molar-refractivity contribution >= 4 is 0 Å². The minimum absolute atomic E-state index is 0.509. The van der Waals surface area contributed by atoms with Crippen molar-refractivity contribution < 1.29 is 0 Å². The molecule has 64 valence electrons. The Labute approximate surface area is 70.7 Å². The highest BCUT2D eigenvalue weighted by Gasteiger charge is 2.25. The van der Waals surface area contributed by atoms with E-state index in [4.69, 9.17) is 0 Å². The third kappa shape index (κ3) is 2.36. The van der Waals surface area contributed by atoms with Gasteiger partial charge in [-0.25, -0.2) is 0 Å². The standard InChI is InChI=1S/C11H20/c1-9-6-5-7-10(8-9)11(2,3)4/h6,10H,5,7-8H2,1-4H3/t10-/m0/s1. The molecule has 0 radical (unpaired) electrons. The summed E-state index contributed by atoms with van der Waals surface area (Å²) in [6.45, 7) is 9.33. The van der Waals surface area contributed by atoms with Crippen molar-refractivity contribution in [2.45, 2.75) is 47.0 Å². The molecular weight excluding hydrogens is 132 g/mol. The molecule has 0 N–H and O–H groups in total. The highest BCUT2D eigenvalue weighted by molar-refractivity contribution is 5.04. The van der Waals surface area contributed by atoms with E-state index in [0.29, 0.717) is 5.41 Å². The molecule has 1 atom stereocenters. The Kier molecular flexibility index (Phi) is 2.41. The Bertz CT molecular complexity index is 157. The molecule has 0 saturated heterocycles. The summed E-state index contributed by atoms with van der Waals surface area (Å²) in [5, 5.41) is 0. The quantitative estimate of drug-likeness (QED) is 0.463. The van der Waals surface area contributed by atoms with Gasteiger partial charge in [0, 0.05) is 0 Å². The molecule has 0 spiro atoms. The average molecular weight is 152 g/mol. The van der Waals surface area contributed by atoms with Gasteiger partial charge in [0.1, 0.15) is 0 Å². The zero-order chi connectivity index (χ0) is 8.48. The van der Waals surface area contributed by atoms with E-state index in [-0.39, 0.29) is 0 Å². The van der Waals surface area contributed by atoms with Crippen LogP contribution in [0, 0.1) is 11.3 Å². The van der Waals surface area contributed by atoms with E-state index in [1.807, 2.05) is 0 Å². The first-order valence-corrected chi connectivity index (χ1v) is 4.66. The fourth-order valence-electron chi connectivity index (χ4n) is 1.84. The molecule has 0 aromatic rings. The molecule has 0 aliphatic heterocycles.